The van der Waals surface area contributed by atoms with Gasteiger partial charge < -0.3 is 10.2 Å². The van der Waals surface area contributed by atoms with Gasteiger partial charge in [-0.3, -0.25) is 4.79 Å². The van der Waals surface area contributed by atoms with Gasteiger partial charge in [-0.15, -0.1) is 11.3 Å². The monoisotopic (exact) mass is 315 g/mol. The highest BCUT2D eigenvalue weighted by atomic mass is 32.1. The lowest BCUT2D eigenvalue weighted by molar-refractivity contribution is 0.0951. The Morgan fingerprint density at radius 1 is 1.41 bits per heavy atom. The molecule has 1 fully saturated rings. The molecule has 1 aliphatic rings. The van der Waals surface area contributed by atoms with Crippen molar-refractivity contribution in [2.24, 2.45) is 0 Å². The maximum atomic E-state index is 12.3. The molecule has 1 N–H and O–H groups in total. The third kappa shape index (κ3) is 3.14. The first-order valence-corrected chi connectivity index (χ1v) is 8.54. The predicted octanol–water partition coefficient (Wildman–Crippen LogP) is 3.16. The number of benzene rings is 1. The summed E-state index contributed by atoms with van der Waals surface area (Å²) < 4.78 is 0. The molecule has 2 aromatic rings. The van der Waals surface area contributed by atoms with Crippen LogP contribution in [0.5, 0.6) is 0 Å². The number of anilines is 1. The fraction of sp³-hybridized carbons (Fsp3) is 0.412. The van der Waals surface area contributed by atoms with E-state index in [2.05, 4.69) is 22.1 Å². The van der Waals surface area contributed by atoms with Crippen molar-refractivity contribution in [3.05, 3.63) is 46.5 Å². The van der Waals surface area contributed by atoms with Crippen LogP contribution in [0.1, 0.15) is 34.3 Å². The minimum Gasteiger partial charge on any atom is -0.350 e. The zero-order chi connectivity index (χ0) is 15.5. The molecule has 1 saturated heterocycles. The molecular formula is C17H21N3OS. The van der Waals surface area contributed by atoms with E-state index in [4.69, 9.17) is 0 Å². The molecule has 1 aromatic carbocycles. The molecule has 1 atom stereocenters. The van der Waals surface area contributed by atoms with E-state index in [9.17, 15) is 4.79 Å². The fourth-order valence-corrected chi connectivity index (χ4v) is 3.59. The van der Waals surface area contributed by atoms with Crippen LogP contribution < -0.4 is 10.2 Å². The standard InChI is InChI=1S/C17H21N3OS/c1-12-5-6-14(10-13(12)2)16(21)19-11-15-4-3-8-20(15)17-18-7-9-22-17/h5-7,9-10,15H,3-4,8,11H2,1-2H3,(H,19,21). The molecule has 1 aliphatic heterocycles. The molecule has 4 nitrogen and oxygen atoms in total. The van der Waals surface area contributed by atoms with E-state index in [-0.39, 0.29) is 5.91 Å². The second-order valence-electron chi connectivity index (χ2n) is 5.81. The largest absolute Gasteiger partial charge is 0.350 e. The molecule has 0 radical (unpaired) electrons. The Kier molecular flexibility index (Phi) is 4.43. The molecule has 0 aliphatic carbocycles. The molecule has 1 unspecified atom stereocenters. The average Bonchev–Trinajstić information content (AvgIpc) is 3.17. The molecule has 1 amide bonds. The molecule has 2 heterocycles. The van der Waals surface area contributed by atoms with Crippen LogP contribution in [0, 0.1) is 13.8 Å². The van der Waals surface area contributed by atoms with Crippen LogP contribution in [0.2, 0.25) is 0 Å². The molecular weight excluding hydrogens is 294 g/mol. The maximum Gasteiger partial charge on any atom is 0.251 e. The van der Waals surface area contributed by atoms with Crippen molar-refractivity contribution in [3.8, 4) is 0 Å². The molecule has 0 saturated carbocycles. The normalized spacial score (nSPS) is 17.7. The quantitative estimate of drug-likeness (QED) is 0.942. The van der Waals surface area contributed by atoms with E-state index >= 15 is 0 Å². The van der Waals surface area contributed by atoms with Gasteiger partial charge in [0.1, 0.15) is 0 Å². The Labute approximate surface area is 135 Å². The number of rotatable bonds is 4. The summed E-state index contributed by atoms with van der Waals surface area (Å²) in [7, 11) is 0. The number of aromatic nitrogens is 1. The van der Waals surface area contributed by atoms with Crippen LogP contribution in [0.3, 0.4) is 0 Å². The molecule has 5 heteroatoms. The number of hydrogen-bond acceptors (Lipinski definition) is 4. The summed E-state index contributed by atoms with van der Waals surface area (Å²) in [6.07, 6.45) is 4.10. The first-order chi connectivity index (χ1) is 10.6. The smallest absolute Gasteiger partial charge is 0.251 e. The van der Waals surface area contributed by atoms with Gasteiger partial charge in [-0.05, 0) is 49.9 Å². The van der Waals surface area contributed by atoms with Gasteiger partial charge in [0.05, 0.1) is 0 Å². The lowest BCUT2D eigenvalue weighted by atomic mass is 10.1. The van der Waals surface area contributed by atoms with Gasteiger partial charge in [0.25, 0.3) is 5.91 Å². The van der Waals surface area contributed by atoms with Crippen LogP contribution in [0.25, 0.3) is 0 Å². The Bertz CT molecular complexity index is 654. The maximum absolute atomic E-state index is 12.3. The second-order valence-corrected chi connectivity index (χ2v) is 6.69. The molecule has 0 spiro atoms. The summed E-state index contributed by atoms with van der Waals surface area (Å²) in [6.45, 7) is 5.79. The third-order valence-electron chi connectivity index (χ3n) is 4.31. The van der Waals surface area contributed by atoms with Gasteiger partial charge in [0, 0.05) is 36.3 Å². The van der Waals surface area contributed by atoms with Crippen molar-refractivity contribution in [2.75, 3.05) is 18.0 Å². The zero-order valence-electron chi connectivity index (χ0n) is 13.0. The summed E-state index contributed by atoms with van der Waals surface area (Å²) in [5, 5.41) is 6.13. The minimum atomic E-state index is 0.00842. The van der Waals surface area contributed by atoms with E-state index < -0.39 is 0 Å². The molecule has 3 rings (SSSR count). The number of nitrogens with one attached hydrogen (secondary N) is 1. The Hall–Kier alpha value is -1.88. The van der Waals surface area contributed by atoms with Gasteiger partial charge in [-0.25, -0.2) is 4.98 Å². The Balaban J connectivity index is 1.61. The molecule has 1 aromatic heterocycles. The highest BCUT2D eigenvalue weighted by Crippen LogP contribution is 2.26. The van der Waals surface area contributed by atoms with Crippen LogP contribution in [0.4, 0.5) is 5.13 Å². The lowest BCUT2D eigenvalue weighted by Crippen LogP contribution is -2.40. The number of carbonyl (C=O) groups is 1. The first-order valence-electron chi connectivity index (χ1n) is 7.67. The summed E-state index contributed by atoms with van der Waals surface area (Å²) in [5.41, 5.74) is 3.10. The van der Waals surface area contributed by atoms with Crippen LogP contribution >= 0.6 is 11.3 Å². The highest BCUT2D eigenvalue weighted by molar-refractivity contribution is 7.13. The van der Waals surface area contributed by atoms with E-state index in [0.717, 1.165) is 35.6 Å². The zero-order valence-corrected chi connectivity index (χ0v) is 13.8. The first kappa shape index (κ1) is 15.0. The van der Waals surface area contributed by atoms with Crippen molar-refractivity contribution >= 4 is 22.4 Å². The van der Waals surface area contributed by atoms with Gasteiger partial charge in [0.2, 0.25) is 0 Å². The topological polar surface area (TPSA) is 45.2 Å². The predicted molar refractivity (Wildman–Crippen MR) is 90.7 cm³/mol. The van der Waals surface area contributed by atoms with Crippen LogP contribution in [-0.4, -0.2) is 30.0 Å². The van der Waals surface area contributed by atoms with Crippen LogP contribution in [0.15, 0.2) is 29.8 Å². The summed E-state index contributed by atoms with van der Waals surface area (Å²) in [4.78, 5) is 19.0. The number of amides is 1. The molecule has 22 heavy (non-hydrogen) atoms. The Morgan fingerprint density at radius 3 is 3.00 bits per heavy atom. The number of aryl methyl sites for hydroxylation is 2. The van der Waals surface area contributed by atoms with Crippen molar-refractivity contribution in [2.45, 2.75) is 32.7 Å². The number of thiazole rings is 1. The number of hydrogen-bond donors (Lipinski definition) is 1. The molecule has 0 bridgehead atoms. The summed E-state index contributed by atoms with van der Waals surface area (Å²) in [5.74, 6) is 0.00842. The SMILES string of the molecule is Cc1ccc(C(=O)NCC2CCCN2c2nccs2)cc1C. The number of nitrogens with zero attached hydrogens (tertiary/aromatic N) is 2. The van der Waals surface area contributed by atoms with E-state index in [1.165, 1.54) is 5.56 Å². The van der Waals surface area contributed by atoms with Crippen molar-refractivity contribution in [1.29, 1.82) is 0 Å². The second kappa shape index (κ2) is 6.48. The fourth-order valence-electron chi connectivity index (χ4n) is 2.85. The van der Waals surface area contributed by atoms with Crippen molar-refractivity contribution in [1.82, 2.24) is 10.3 Å². The third-order valence-corrected chi connectivity index (χ3v) is 5.12. The minimum absolute atomic E-state index is 0.00842. The van der Waals surface area contributed by atoms with E-state index in [1.807, 2.05) is 36.7 Å². The number of carbonyl (C=O) groups excluding carboxylic acids is 1. The molecule has 116 valence electrons. The summed E-state index contributed by atoms with van der Waals surface area (Å²) in [6, 6.07) is 6.20. The van der Waals surface area contributed by atoms with Gasteiger partial charge in [-0.2, -0.15) is 0 Å². The Morgan fingerprint density at radius 2 is 2.27 bits per heavy atom. The highest BCUT2D eigenvalue weighted by Gasteiger charge is 2.26. The van der Waals surface area contributed by atoms with Gasteiger partial charge in [-0.1, -0.05) is 6.07 Å². The van der Waals surface area contributed by atoms with E-state index in [1.54, 1.807) is 11.3 Å². The average molecular weight is 315 g/mol. The van der Waals surface area contributed by atoms with E-state index in [0.29, 0.717) is 12.6 Å². The van der Waals surface area contributed by atoms with Crippen molar-refractivity contribution < 1.29 is 4.79 Å². The van der Waals surface area contributed by atoms with Gasteiger partial charge in [0.15, 0.2) is 5.13 Å². The van der Waals surface area contributed by atoms with Crippen molar-refractivity contribution in [3.63, 3.8) is 0 Å². The summed E-state index contributed by atoms with van der Waals surface area (Å²) >= 11 is 1.66. The van der Waals surface area contributed by atoms with Crippen LogP contribution in [-0.2, 0) is 0 Å². The van der Waals surface area contributed by atoms with Gasteiger partial charge >= 0.3 is 0 Å². The lowest BCUT2D eigenvalue weighted by Gasteiger charge is -2.24.